The second-order valence-corrected chi connectivity index (χ2v) is 18.3. The number of hydrogen-bond acceptors (Lipinski definition) is 1. The smallest absolute Gasteiger partial charge is 0.121 e. The lowest BCUT2D eigenvalue weighted by Gasteiger charge is -2.64. The summed E-state index contributed by atoms with van der Waals surface area (Å²) in [6, 6.07) is 0. The molecular weight excluding hydrogens is 472 g/mol. The summed E-state index contributed by atoms with van der Waals surface area (Å²) >= 11 is 0. The molecule has 0 amide bonds. The standard InChI is InChI=1S/C38H52O/c1-21-32(36-12-23-3-24(13-36)5-25(4-23)14-36)34(38-18-29-9-30(19-38)11-31(10-29)20-38)33(22(2)35(21)39)37-15-26-6-27(16-37)8-28(7-26)17-37/h23-31,39H,3-20H2,1-2H3. The first-order valence-corrected chi connectivity index (χ1v) is 17.7. The van der Waals surface area contributed by atoms with Crippen LogP contribution in [0.25, 0.3) is 0 Å². The van der Waals surface area contributed by atoms with E-state index in [-0.39, 0.29) is 0 Å². The van der Waals surface area contributed by atoms with Gasteiger partial charge in [-0.05, 0) is 227 Å². The summed E-state index contributed by atoms with van der Waals surface area (Å²) in [6.07, 6.45) is 26.9. The Bertz CT molecular complexity index is 1070. The minimum absolute atomic E-state index is 0.375. The monoisotopic (exact) mass is 524 g/mol. The van der Waals surface area contributed by atoms with Crippen molar-refractivity contribution in [1.29, 1.82) is 0 Å². The van der Waals surface area contributed by atoms with Gasteiger partial charge in [0.05, 0.1) is 0 Å². The van der Waals surface area contributed by atoms with Crippen molar-refractivity contribution in [1.82, 2.24) is 0 Å². The van der Waals surface area contributed by atoms with Gasteiger partial charge in [0.2, 0.25) is 0 Å². The molecule has 1 aromatic rings. The zero-order valence-corrected chi connectivity index (χ0v) is 24.9. The first-order valence-electron chi connectivity index (χ1n) is 17.7. The lowest BCUT2D eigenvalue weighted by Crippen LogP contribution is -2.55. The van der Waals surface area contributed by atoms with Gasteiger partial charge >= 0.3 is 0 Å². The molecule has 1 heteroatoms. The first-order chi connectivity index (χ1) is 18.8. The third-order valence-corrected chi connectivity index (χ3v) is 15.7. The zero-order valence-electron chi connectivity index (χ0n) is 24.9. The van der Waals surface area contributed by atoms with E-state index < -0.39 is 0 Å². The topological polar surface area (TPSA) is 20.2 Å². The van der Waals surface area contributed by atoms with E-state index in [1.165, 1.54) is 127 Å². The Morgan fingerprint density at radius 3 is 0.821 bits per heavy atom. The molecule has 12 bridgehead atoms. The predicted octanol–water partition coefficient (Wildman–Crippen LogP) is 9.41. The fourth-order valence-electron chi connectivity index (χ4n) is 16.1. The minimum atomic E-state index is 0.375. The van der Waals surface area contributed by atoms with Gasteiger partial charge < -0.3 is 5.11 Å². The number of rotatable bonds is 3. The maximum absolute atomic E-state index is 12.2. The highest BCUT2D eigenvalue weighted by atomic mass is 16.3. The van der Waals surface area contributed by atoms with Gasteiger partial charge in [0.15, 0.2) is 0 Å². The first kappa shape index (κ1) is 23.6. The van der Waals surface area contributed by atoms with Gasteiger partial charge in [-0.2, -0.15) is 0 Å². The molecule has 12 aliphatic rings. The Morgan fingerprint density at radius 2 is 0.590 bits per heavy atom. The summed E-state index contributed by atoms with van der Waals surface area (Å²) in [5.41, 5.74) is 9.45. The van der Waals surface area contributed by atoms with Gasteiger partial charge in [-0.15, -0.1) is 0 Å². The average Bonchev–Trinajstić information content (AvgIpc) is 2.84. The van der Waals surface area contributed by atoms with Crippen LogP contribution >= 0.6 is 0 Å². The third-order valence-electron chi connectivity index (χ3n) is 15.7. The van der Waals surface area contributed by atoms with Crippen LogP contribution in [-0.2, 0) is 16.2 Å². The number of hydrogen-bond donors (Lipinski definition) is 1. The molecule has 0 atom stereocenters. The van der Waals surface area contributed by atoms with Crippen LogP contribution in [0.4, 0.5) is 0 Å². The maximum atomic E-state index is 12.2. The molecule has 0 unspecified atom stereocenters. The van der Waals surface area contributed by atoms with Gasteiger partial charge in [0.1, 0.15) is 5.75 Å². The van der Waals surface area contributed by atoms with Gasteiger partial charge in [-0.1, -0.05) is 0 Å². The molecule has 0 spiro atoms. The molecule has 210 valence electrons. The normalized spacial score (nSPS) is 53.7. The van der Waals surface area contributed by atoms with Crippen LogP contribution in [0.1, 0.15) is 143 Å². The molecule has 12 aliphatic carbocycles. The van der Waals surface area contributed by atoms with E-state index in [1.54, 1.807) is 11.1 Å². The van der Waals surface area contributed by atoms with Crippen LogP contribution in [0.2, 0.25) is 0 Å². The Morgan fingerprint density at radius 1 is 0.385 bits per heavy atom. The summed E-state index contributed by atoms with van der Waals surface area (Å²) in [5.74, 6) is 9.48. The summed E-state index contributed by atoms with van der Waals surface area (Å²) in [6.45, 7) is 4.79. The number of benzene rings is 1. The molecule has 12 fully saturated rings. The van der Waals surface area contributed by atoms with Crippen molar-refractivity contribution in [3.05, 3.63) is 27.8 Å². The van der Waals surface area contributed by atoms with E-state index in [0.29, 0.717) is 16.2 Å². The van der Waals surface area contributed by atoms with Crippen molar-refractivity contribution < 1.29 is 5.11 Å². The Hall–Kier alpha value is -0.980. The van der Waals surface area contributed by atoms with Gasteiger partial charge in [0.25, 0.3) is 0 Å². The maximum Gasteiger partial charge on any atom is 0.121 e. The fourth-order valence-corrected chi connectivity index (χ4v) is 16.1. The molecule has 0 radical (unpaired) electrons. The summed E-state index contributed by atoms with van der Waals surface area (Å²) < 4.78 is 0. The fraction of sp³-hybridized carbons (Fsp3) is 0.842. The lowest BCUT2D eigenvalue weighted by atomic mass is 9.41. The summed E-state index contributed by atoms with van der Waals surface area (Å²) in [7, 11) is 0. The van der Waals surface area contributed by atoms with E-state index in [0.717, 1.165) is 59.0 Å². The van der Waals surface area contributed by atoms with E-state index in [9.17, 15) is 5.11 Å². The minimum Gasteiger partial charge on any atom is -0.507 e. The van der Waals surface area contributed by atoms with Crippen LogP contribution in [0, 0.1) is 67.1 Å². The summed E-state index contributed by atoms with van der Waals surface area (Å²) in [4.78, 5) is 0. The van der Waals surface area contributed by atoms with Crippen LogP contribution in [0.3, 0.4) is 0 Å². The van der Waals surface area contributed by atoms with Gasteiger partial charge in [0, 0.05) is 0 Å². The van der Waals surface area contributed by atoms with Crippen LogP contribution in [0.15, 0.2) is 0 Å². The third kappa shape index (κ3) is 3.05. The molecule has 0 heterocycles. The number of phenols is 1. The molecule has 1 N–H and O–H groups in total. The SMILES string of the molecule is Cc1c(O)c(C)c(C23CC4CC(CC(C4)C2)C3)c(C23CC4CC(CC(C4)C2)C3)c1C12CC3CC(CC(C3)C1)C2. The number of phenolic OH excluding ortho intramolecular Hbond substituents is 1. The molecule has 12 saturated carbocycles. The molecule has 0 saturated heterocycles. The number of aromatic hydroxyl groups is 1. The Balaban J connectivity index is 1.26. The highest BCUT2D eigenvalue weighted by Crippen LogP contribution is 2.70. The quantitative estimate of drug-likeness (QED) is 0.417. The Labute approximate surface area is 237 Å². The Kier molecular flexibility index (Phi) is 4.53. The van der Waals surface area contributed by atoms with Crippen molar-refractivity contribution in [2.45, 2.75) is 146 Å². The second kappa shape index (κ2) is 7.50. The van der Waals surface area contributed by atoms with E-state index in [4.69, 9.17) is 0 Å². The highest BCUT2D eigenvalue weighted by Gasteiger charge is 2.61. The largest absolute Gasteiger partial charge is 0.507 e. The molecule has 1 aromatic carbocycles. The van der Waals surface area contributed by atoms with Crippen molar-refractivity contribution in [2.24, 2.45) is 53.3 Å². The van der Waals surface area contributed by atoms with Crippen molar-refractivity contribution in [2.75, 3.05) is 0 Å². The highest BCUT2D eigenvalue weighted by molar-refractivity contribution is 5.63. The molecular formula is C38H52O. The van der Waals surface area contributed by atoms with E-state index >= 15 is 0 Å². The molecule has 0 aliphatic heterocycles. The molecule has 1 nitrogen and oxygen atoms in total. The van der Waals surface area contributed by atoms with Gasteiger partial charge in [-0.3, -0.25) is 0 Å². The van der Waals surface area contributed by atoms with Crippen molar-refractivity contribution in [3.8, 4) is 5.75 Å². The lowest BCUT2D eigenvalue weighted by molar-refractivity contribution is -0.0248. The van der Waals surface area contributed by atoms with Crippen LogP contribution < -0.4 is 0 Å². The summed E-state index contributed by atoms with van der Waals surface area (Å²) in [5, 5.41) is 12.2. The zero-order chi connectivity index (χ0) is 25.9. The second-order valence-electron chi connectivity index (χ2n) is 18.3. The molecule has 13 rings (SSSR count). The van der Waals surface area contributed by atoms with Crippen molar-refractivity contribution >= 4 is 0 Å². The predicted molar refractivity (Wildman–Crippen MR) is 157 cm³/mol. The van der Waals surface area contributed by atoms with E-state index in [2.05, 4.69) is 13.8 Å². The van der Waals surface area contributed by atoms with E-state index in [1.807, 2.05) is 5.56 Å². The molecule has 0 aromatic heterocycles. The van der Waals surface area contributed by atoms with Crippen LogP contribution in [0.5, 0.6) is 5.75 Å². The molecule has 39 heavy (non-hydrogen) atoms. The van der Waals surface area contributed by atoms with Crippen LogP contribution in [-0.4, -0.2) is 5.11 Å². The van der Waals surface area contributed by atoms with Gasteiger partial charge in [-0.25, -0.2) is 0 Å². The van der Waals surface area contributed by atoms with Crippen molar-refractivity contribution in [3.63, 3.8) is 0 Å². The average molecular weight is 525 g/mol.